The molecule has 0 bridgehead atoms. The minimum atomic E-state index is 0. The first-order valence-corrected chi connectivity index (χ1v) is 9.79. The SMILES string of the molecule is CN=C(NCCN1CCC(C)CC1)NC1CCc2nc(COC)nn2C1.I. The van der Waals surface area contributed by atoms with E-state index in [4.69, 9.17) is 4.74 Å². The van der Waals surface area contributed by atoms with E-state index < -0.39 is 0 Å². The van der Waals surface area contributed by atoms with Crippen molar-refractivity contribution in [3.63, 3.8) is 0 Å². The van der Waals surface area contributed by atoms with E-state index in [1.54, 1.807) is 7.11 Å². The van der Waals surface area contributed by atoms with Crippen LogP contribution in [-0.2, 0) is 24.3 Å². The highest BCUT2D eigenvalue weighted by Gasteiger charge is 2.22. The van der Waals surface area contributed by atoms with Crippen molar-refractivity contribution < 1.29 is 4.74 Å². The number of likely N-dealkylation sites (tertiary alicyclic amines) is 1. The minimum absolute atomic E-state index is 0. The number of hydrogen-bond acceptors (Lipinski definition) is 5. The number of halogens is 1. The Bertz CT molecular complexity index is 599. The van der Waals surface area contributed by atoms with Crippen LogP contribution in [0.2, 0.25) is 0 Å². The summed E-state index contributed by atoms with van der Waals surface area (Å²) < 4.78 is 7.13. The topological polar surface area (TPSA) is 79.6 Å². The van der Waals surface area contributed by atoms with Gasteiger partial charge in [-0.2, -0.15) is 5.10 Å². The maximum atomic E-state index is 5.13. The van der Waals surface area contributed by atoms with E-state index in [2.05, 4.69) is 37.5 Å². The van der Waals surface area contributed by atoms with Gasteiger partial charge in [0.05, 0.1) is 6.54 Å². The lowest BCUT2D eigenvalue weighted by Crippen LogP contribution is -2.49. The summed E-state index contributed by atoms with van der Waals surface area (Å²) in [6, 6.07) is 0.321. The van der Waals surface area contributed by atoms with Crippen LogP contribution < -0.4 is 10.6 Å². The number of nitrogens with zero attached hydrogens (tertiary/aromatic N) is 5. The second kappa shape index (κ2) is 11.2. The zero-order valence-electron chi connectivity index (χ0n) is 16.8. The number of piperidine rings is 1. The van der Waals surface area contributed by atoms with Crippen LogP contribution in [0.4, 0.5) is 0 Å². The lowest BCUT2D eigenvalue weighted by Gasteiger charge is -2.30. The number of aliphatic imine (C=N–C) groups is 1. The lowest BCUT2D eigenvalue weighted by molar-refractivity contribution is 0.177. The highest BCUT2D eigenvalue weighted by molar-refractivity contribution is 14.0. The fourth-order valence-corrected chi connectivity index (χ4v) is 3.67. The van der Waals surface area contributed by atoms with Crippen LogP contribution >= 0.6 is 24.0 Å². The van der Waals surface area contributed by atoms with Gasteiger partial charge in [-0.25, -0.2) is 9.67 Å². The summed E-state index contributed by atoms with van der Waals surface area (Å²) in [5, 5.41) is 11.5. The van der Waals surface area contributed by atoms with Gasteiger partial charge in [-0.05, 0) is 38.3 Å². The van der Waals surface area contributed by atoms with Gasteiger partial charge in [0, 0.05) is 39.7 Å². The Labute approximate surface area is 179 Å². The molecule has 9 heteroatoms. The molecule has 3 heterocycles. The third-order valence-electron chi connectivity index (χ3n) is 5.34. The van der Waals surface area contributed by atoms with Gasteiger partial charge < -0.3 is 20.3 Å². The zero-order chi connectivity index (χ0) is 18.4. The monoisotopic (exact) mass is 491 g/mol. The van der Waals surface area contributed by atoms with Crippen molar-refractivity contribution in [3.05, 3.63) is 11.6 Å². The molecule has 1 saturated heterocycles. The summed E-state index contributed by atoms with van der Waals surface area (Å²) in [6.07, 6.45) is 4.61. The zero-order valence-corrected chi connectivity index (χ0v) is 19.1. The number of ether oxygens (including phenoxy) is 1. The average Bonchev–Trinajstić information content (AvgIpc) is 3.04. The summed E-state index contributed by atoms with van der Waals surface area (Å²) >= 11 is 0. The van der Waals surface area contributed by atoms with Crippen molar-refractivity contribution in [2.24, 2.45) is 10.9 Å². The Balaban J connectivity index is 0.00000261. The van der Waals surface area contributed by atoms with Gasteiger partial charge in [-0.15, -0.1) is 24.0 Å². The molecule has 2 N–H and O–H groups in total. The summed E-state index contributed by atoms with van der Waals surface area (Å²) in [4.78, 5) is 11.4. The minimum Gasteiger partial charge on any atom is -0.377 e. The maximum Gasteiger partial charge on any atom is 0.191 e. The first kappa shape index (κ1) is 22.4. The van der Waals surface area contributed by atoms with Crippen molar-refractivity contribution in [1.82, 2.24) is 30.3 Å². The number of aryl methyl sites for hydroxylation is 1. The molecule has 2 aliphatic rings. The molecule has 8 nitrogen and oxygen atoms in total. The molecular weight excluding hydrogens is 457 g/mol. The van der Waals surface area contributed by atoms with Crippen LogP contribution in [-0.4, -0.2) is 72.0 Å². The number of methoxy groups -OCH3 is 1. The van der Waals surface area contributed by atoms with Gasteiger partial charge in [0.25, 0.3) is 0 Å². The number of guanidine groups is 1. The smallest absolute Gasteiger partial charge is 0.191 e. The van der Waals surface area contributed by atoms with Crippen molar-refractivity contribution in [2.45, 2.75) is 51.8 Å². The molecule has 0 saturated carbocycles. The van der Waals surface area contributed by atoms with Crippen LogP contribution in [0.5, 0.6) is 0 Å². The largest absolute Gasteiger partial charge is 0.377 e. The van der Waals surface area contributed by atoms with Gasteiger partial charge >= 0.3 is 0 Å². The van der Waals surface area contributed by atoms with Gasteiger partial charge in [0.2, 0.25) is 0 Å². The van der Waals surface area contributed by atoms with E-state index in [1.165, 1.54) is 25.9 Å². The number of hydrogen-bond donors (Lipinski definition) is 2. The molecule has 1 atom stereocenters. The Morgan fingerprint density at radius 2 is 2.07 bits per heavy atom. The molecule has 1 fully saturated rings. The van der Waals surface area contributed by atoms with Gasteiger partial charge in [0.1, 0.15) is 12.4 Å². The van der Waals surface area contributed by atoms with Gasteiger partial charge in [-0.1, -0.05) is 6.92 Å². The predicted molar refractivity (Wildman–Crippen MR) is 118 cm³/mol. The van der Waals surface area contributed by atoms with E-state index in [0.29, 0.717) is 12.6 Å². The molecule has 0 amide bonds. The number of nitrogens with one attached hydrogen (secondary N) is 2. The molecule has 0 radical (unpaired) electrons. The molecule has 0 aliphatic carbocycles. The summed E-state index contributed by atoms with van der Waals surface area (Å²) in [5.41, 5.74) is 0. The summed E-state index contributed by atoms with van der Waals surface area (Å²) in [5.74, 6) is 3.57. The third-order valence-corrected chi connectivity index (χ3v) is 5.34. The standard InChI is InChI=1S/C18H33N7O.HI/c1-14-6-9-24(10-7-14)11-8-20-18(19-2)21-15-4-5-17-22-16(13-26-3)23-25(17)12-15;/h14-15H,4-13H2,1-3H3,(H2,19,20,21);1H. The van der Waals surface area contributed by atoms with Crippen molar-refractivity contribution in [1.29, 1.82) is 0 Å². The van der Waals surface area contributed by atoms with Crippen molar-refractivity contribution in [3.8, 4) is 0 Å². The molecule has 1 aromatic rings. The maximum absolute atomic E-state index is 5.13. The van der Waals surface area contributed by atoms with Crippen LogP contribution in [0.1, 0.15) is 37.8 Å². The quantitative estimate of drug-likeness (QED) is 0.355. The molecule has 154 valence electrons. The number of fused-ring (bicyclic) bond motifs is 1. The Morgan fingerprint density at radius 3 is 2.78 bits per heavy atom. The molecule has 1 unspecified atom stereocenters. The molecule has 0 aromatic carbocycles. The van der Waals surface area contributed by atoms with E-state index in [1.807, 2.05) is 11.7 Å². The van der Waals surface area contributed by atoms with Crippen molar-refractivity contribution in [2.75, 3.05) is 40.3 Å². The third kappa shape index (κ3) is 6.56. The fraction of sp³-hybridized carbons (Fsp3) is 0.833. The summed E-state index contributed by atoms with van der Waals surface area (Å²) in [6.45, 7) is 8.07. The van der Waals surface area contributed by atoms with Crippen LogP contribution in [0, 0.1) is 5.92 Å². The summed E-state index contributed by atoms with van der Waals surface area (Å²) in [7, 11) is 3.50. The number of aromatic nitrogens is 3. The van der Waals surface area contributed by atoms with E-state index in [9.17, 15) is 0 Å². The second-order valence-electron chi connectivity index (χ2n) is 7.46. The molecule has 3 rings (SSSR count). The van der Waals surface area contributed by atoms with Crippen LogP contribution in [0.15, 0.2) is 4.99 Å². The number of rotatable bonds is 6. The average molecular weight is 491 g/mol. The Morgan fingerprint density at radius 1 is 1.30 bits per heavy atom. The van der Waals surface area contributed by atoms with E-state index in [0.717, 1.165) is 56.0 Å². The Hall–Kier alpha value is -0.940. The van der Waals surface area contributed by atoms with E-state index in [-0.39, 0.29) is 24.0 Å². The highest BCUT2D eigenvalue weighted by atomic mass is 127. The molecule has 0 spiro atoms. The highest BCUT2D eigenvalue weighted by Crippen LogP contribution is 2.15. The van der Waals surface area contributed by atoms with Crippen LogP contribution in [0.3, 0.4) is 0 Å². The van der Waals surface area contributed by atoms with Gasteiger partial charge in [0.15, 0.2) is 11.8 Å². The van der Waals surface area contributed by atoms with E-state index >= 15 is 0 Å². The molecular formula is C18H34IN7O. The first-order chi connectivity index (χ1) is 12.7. The molecule has 27 heavy (non-hydrogen) atoms. The molecule has 1 aromatic heterocycles. The first-order valence-electron chi connectivity index (χ1n) is 9.79. The van der Waals surface area contributed by atoms with Gasteiger partial charge in [-0.3, -0.25) is 4.99 Å². The van der Waals surface area contributed by atoms with Crippen LogP contribution in [0.25, 0.3) is 0 Å². The Kier molecular flexibility index (Phi) is 9.24. The fourth-order valence-electron chi connectivity index (χ4n) is 3.67. The molecule has 2 aliphatic heterocycles. The second-order valence-corrected chi connectivity index (χ2v) is 7.46. The predicted octanol–water partition coefficient (Wildman–Crippen LogP) is 1.25. The lowest BCUT2D eigenvalue weighted by atomic mass is 9.99. The van der Waals surface area contributed by atoms with Crippen molar-refractivity contribution >= 4 is 29.9 Å². The normalized spacial score (nSPS) is 21.4.